The van der Waals surface area contributed by atoms with Crippen LogP contribution in [0.2, 0.25) is 0 Å². The normalized spacial score (nSPS) is 11.9. The van der Waals surface area contributed by atoms with E-state index in [4.69, 9.17) is 0 Å². The van der Waals surface area contributed by atoms with Crippen molar-refractivity contribution in [2.75, 3.05) is 20.1 Å². The molecule has 0 N–H and O–H groups in total. The lowest BCUT2D eigenvalue weighted by atomic mass is 10.1. The van der Waals surface area contributed by atoms with E-state index in [1.807, 2.05) is 63.7 Å². The van der Waals surface area contributed by atoms with Gasteiger partial charge in [0, 0.05) is 46.6 Å². The fraction of sp³-hybridized carbons (Fsp3) is 0.417. The van der Waals surface area contributed by atoms with E-state index in [0.29, 0.717) is 38.0 Å². The molecule has 0 radical (unpaired) electrons. The molecule has 0 aliphatic heterocycles. The summed E-state index contributed by atoms with van der Waals surface area (Å²) in [4.78, 5) is 19.2. The number of aromatic nitrogens is 2. The molecule has 1 amide bonds. The lowest BCUT2D eigenvalue weighted by Gasteiger charge is -2.18. The average molecular weight is 457 g/mol. The van der Waals surface area contributed by atoms with Crippen molar-refractivity contribution in [2.24, 2.45) is 7.05 Å². The first-order valence-electron chi connectivity index (χ1n) is 10.9. The Morgan fingerprint density at radius 1 is 1.06 bits per heavy atom. The summed E-state index contributed by atoms with van der Waals surface area (Å²) in [6.07, 6.45) is 0.824. The van der Waals surface area contributed by atoms with E-state index in [0.717, 1.165) is 16.9 Å². The molecule has 1 aromatic heterocycles. The molecule has 8 heteroatoms. The maximum atomic E-state index is 12.8. The van der Waals surface area contributed by atoms with E-state index < -0.39 is 10.0 Å². The molecule has 3 rings (SSSR count). The summed E-state index contributed by atoms with van der Waals surface area (Å²) in [6.45, 7) is 7.09. The minimum Gasteiger partial charge on any atom is -0.341 e. The summed E-state index contributed by atoms with van der Waals surface area (Å²) in [5.41, 5.74) is 3.75. The topological polar surface area (TPSA) is 75.5 Å². The predicted molar refractivity (Wildman–Crippen MR) is 127 cm³/mol. The molecule has 0 fully saturated rings. The molecular weight excluding hydrogens is 424 g/mol. The number of hydrogen-bond donors (Lipinski definition) is 0. The number of benzene rings is 2. The summed E-state index contributed by atoms with van der Waals surface area (Å²) < 4.78 is 29.0. The minimum atomic E-state index is -3.54. The van der Waals surface area contributed by atoms with Crippen LogP contribution in [0.5, 0.6) is 0 Å². The molecule has 172 valence electrons. The fourth-order valence-electron chi connectivity index (χ4n) is 3.79. The van der Waals surface area contributed by atoms with Crippen molar-refractivity contribution in [3.05, 3.63) is 59.4 Å². The monoisotopic (exact) mass is 456 g/mol. The van der Waals surface area contributed by atoms with Crippen molar-refractivity contribution >= 4 is 27.0 Å². The van der Waals surface area contributed by atoms with Crippen LogP contribution in [-0.4, -0.2) is 53.2 Å². The van der Waals surface area contributed by atoms with Crippen LogP contribution in [-0.2, 0) is 34.8 Å². The van der Waals surface area contributed by atoms with Gasteiger partial charge in [0.25, 0.3) is 0 Å². The summed E-state index contributed by atoms with van der Waals surface area (Å²) >= 11 is 0. The van der Waals surface area contributed by atoms with Gasteiger partial charge in [0.05, 0.1) is 15.9 Å². The second-order valence-corrected chi connectivity index (χ2v) is 10.0. The summed E-state index contributed by atoms with van der Waals surface area (Å²) in [5, 5.41) is 0. The van der Waals surface area contributed by atoms with Crippen LogP contribution in [0.3, 0.4) is 0 Å². The number of amides is 1. The van der Waals surface area contributed by atoms with Gasteiger partial charge in [0.15, 0.2) is 0 Å². The summed E-state index contributed by atoms with van der Waals surface area (Å²) in [6, 6.07) is 13.2. The van der Waals surface area contributed by atoms with E-state index in [-0.39, 0.29) is 10.8 Å². The second kappa shape index (κ2) is 9.83. The first-order chi connectivity index (χ1) is 15.2. The van der Waals surface area contributed by atoms with Gasteiger partial charge in [0.1, 0.15) is 5.82 Å². The van der Waals surface area contributed by atoms with E-state index >= 15 is 0 Å². The Labute approximate surface area is 190 Å². The van der Waals surface area contributed by atoms with Gasteiger partial charge in [-0.15, -0.1) is 0 Å². The predicted octanol–water partition coefficient (Wildman–Crippen LogP) is 3.50. The van der Waals surface area contributed by atoms with Gasteiger partial charge < -0.3 is 9.47 Å². The molecule has 0 atom stereocenters. The number of sulfonamides is 1. The van der Waals surface area contributed by atoms with Crippen molar-refractivity contribution in [1.82, 2.24) is 18.8 Å². The SMILES string of the molecule is CCN(CC)S(=O)(=O)c1ccc2c(c1)nc(CCC(=O)N(C)Cc1ccc(C)cc1)n2C. The Morgan fingerprint density at radius 2 is 1.72 bits per heavy atom. The largest absolute Gasteiger partial charge is 0.341 e. The zero-order chi connectivity index (χ0) is 23.5. The molecule has 0 spiro atoms. The Hall–Kier alpha value is -2.71. The Bertz CT molecular complexity index is 1200. The fourth-order valence-corrected chi connectivity index (χ4v) is 5.27. The van der Waals surface area contributed by atoms with Crippen LogP contribution < -0.4 is 0 Å². The van der Waals surface area contributed by atoms with Crippen molar-refractivity contribution < 1.29 is 13.2 Å². The van der Waals surface area contributed by atoms with Crippen molar-refractivity contribution in [3.8, 4) is 0 Å². The molecule has 0 saturated heterocycles. The van der Waals surface area contributed by atoms with Crippen molar-refractivity contribution in [3.63, 3.8) is 0 Å². The third kappa shape index (κ3) is 5.02. The van der Waals surface area contributed by atoms with Crippen LogP contribution in [0, 0.1) is 6.92 Å². The van der Waals surface area contributed by atoms with Gasteiger partial charge in [0.2, 0.25) is 15.9 Å². The third-order valence-corrected chi connectivity index (χ3v) is 7.86. The van der Waals surface area contributed by atoms with Gasteiger partial charge in [-0.2, -0.15) is 4.31 Å². The number of rotatable bonds is 9. The van der Waals surface area contributed by atoms with Gasteiger partial charge in [-0.25, -0.2) is 13.4 Å². The molecule has 0 unspecified atom stereocenters. The van der Waals surface area contributed by atoms with Crippen LogP contribution in [0.25, 0.3) is 11.0 Å². The number of hydrogen-bond acceptors (Lipinski definition) is 4. The molecule has 2 aromatic carbocycles. The highest BCUT2D eigenvalue weighted by Crippen LogP contribution is 2.23. The Kier molecular flexibility index (Phi) is 7.36. The zero-order valence-electron chi connectivity index (χ0n) is 19.5. The maximum Gasteiger partial charge on any atom is 0.243 e. The van der Waals surface area contributed by atoms with E-state index in [2.05, 4.69) is 4.98 Å². The van der Waals surface area contributed by atoms with Gasteiger partial charge in [-0.1, -0.05) is 43.7 Å². The molecule has 7 nitrogen and oxygen atoms in total. The van der Waals surface area contributed by atoms with E-state index in [1.54, 1.807) is 23.1 Å². The molecule has 3 aromatic rings. The van der Waals surface area contributed by atoms with Crippen LogP contribution in [0.15, 0.2) is 47.4 Å². The van der Waals surface area contributed by atoms with E-state index in [9.17, 15) is 13.2 Å². The zero-order valence-corrected chi connectivity index (χ0v) is 20.3. The lowest BCUT2D eigenvalue weighted by molar-refractivity contribution is -0.130. The minimum absolute atomic E-state index is 0.0439. The molecule has 1 heterocycles. The van der Waals surface area contributed by atoms with Gasteiger partial charge in [-0.05, 0) is 30.7 Å². The summed E-state index contributed by atoms with van der Waals surface area (Å²) in [5.74, 6) is 0.803. The molecule has 0 bridgehead atoms. The molecular formula is C24H32N4O3S. The van der Waals surface area contributed by atoms with E-state index in [1.165, 1.54) is 9.87 Å². The van der Waals surface area contributed by atoms with Gasteiger partial charge >= 0.3 is 0 Å². The molecule has 0 aliphatic carbocycles. The molecule has 32 heavy (non-hydrogen) atoms. The summed E-state index contributed by atoms with van der Waals surface area (Å²) in [7, 11) is 0.157. The highest BCUT2D eigenvalue weighted by atomic mass is 32.2. The van der Waals surface area contributed by atoms with Crippen LogP contribution in [0.4, 0.5) is 0 Å². The second-order valence-electron chi connectivity index (χ2n) is 8.06. The van der Waals surface area contributed by atoms with Crippen molar-refractivity contribution in [2.45, 2.75) is 45.1 Å². The Morgan fingerprint density at radius 3 is 2.34 bits per heavy atom. The first kappa shape index (κ1) is 23.9. The van der Waals surface area contributed by atoms with Crippen molar-refractivity contribution in [1.29, 1.82) is 0 Å². The number of imidazole rings is 1. The van der Waals surface area contributed by atoms with Gasteiger partial charge in [-0.3, -0.25) is 4.79 Å². The quantitative estimate of drug-likeness (QED) is 0.494. The highest BCUT2D eigenvalue weighted by Gasteiger charge is 2.23. The third-order valence-electron chi connectivity index (χ3n) is 5.82. The standard InChI is InChI=1S/C24H32N4O3S/c1-6-28(7-2)32(30,31)20-12-13-22-21(16-20)25-23(27(22)5)14-15-24(29)26(4)17-19-10-8-18(3)9-11-19/h8-13,16H,6-7,14-15,17H2,1-5H3. The highest BCUT2D eigenvalue weighted by molar-refractivity contribution is 7.89. The number of aryl methyl sites for hydroxylation is 3. The molecule has 0 saturated carbocycles. The number of carbonyl (C=O) groups excluding carboxylic acids is 1. The average Bonchev–Trinajstić information content (AvgIpc) is 3.09. The smallest absolute Gasteiger partial charge is 0.243 e. The molecule has 0 aliphatic rings. The number of nitrogens with zero attached hydrogens (tertiary/aromatic N) is 4. The first-order valence-corrected chi connectivity index (χ1v) is 12.4. The lowest BCUT2D eigenvalue weighted by Crippen LogP contribution is -2.30. The van der Waals surface area contributed by atoms with Crippen LogP contribution in [0.1, 0.15) is 37.2 Å². The van der Waals surface area contributed by atoms with Crippen LogP contribution >= 0.6 is 0 Å². The Balaban J connectivity index is 1.73. The number of carbonyl (C=O) groups is 1. The maximum absolute atomic E-state index is 12.8. The number of fused-ring (bicyclic) bond motifs is 1.